The Kier molecular flexibility index (Phi) is 11.7. The van der Waals surface area contributed by atoms with Crippen LogP contribution in [-0.2, 0) is 25.9 Å². The normalized spacial score (nSPS) is 26.3. The summed E-state index contributed by atoms with van der Waals surface area (Å²) in [6.45, 7) is 4.84. The molecule has 2 aliphatic rings. The molecule has 2 aromatic carbocycles. The second-order valence-electron chi connectivity index (χ2n) is 8.64. The predicted octanol–water partition coefficient (Wildman–Crippen LogP) is -1.87. The second kappa shape index (κ2) is 12.7. The van der Waals surface area contributed by atoms with Crippen LogP contribution in [0.2, 0.25) is 4.22 Å². The Bertz CT molecular complexity index is 795. The maximum absolute atomic E-state index is 2.52. The molecule has 5 unspecified atom stereocenters. The van der Waals surface area contributed by atoms with E-state index in [4.69, 9.17) is 0 Å². The van der Waals surface area contributed by atoms with Crippen LogP contribution < -0.4 is 37.2 Å². The van der Waals surface area contributed by atoms with Crippen molar-refractivity contribution in [2.24, 2.45) is 23.7 Å². The minimum absolute atomic E-state index is 0. The SMILES string of the molecule is CCCCC(c1ccccc1)(c1ccccc1)C1C(C)[CH]([Ti+3])C2C=CC=CC21.[Cl-].[Cl-].[Cl-]. The predicted molar refractivity (Wildman–Crippen MR) is 115 cm³/mol. The third-order valence-corrected chi connectivity index (χ3v) is 8.68. The summed E-state index contributed by atoms with van der Waals surface area (Å²) in [6.07, 6.45) is 13.3. The molecule has 1 saturated carbocycles. The zero-order chi connectivity index (χ0) is 19.6. The molecular weight excluding hydrogens is 479 g/mol. The molecule has 0 aromatic heterocycles. The molecule has 0 amide bonds. The van der Waals surface area contributed by atoms with Crippen LogP contribution in [0.4, 0.5) is 0 Å². The molecule has 1 fully saturated rings. The van der Waals surface area contributed by atoms with Crippen LogP contribution in [0.3, 0.4) is 0 Å². The average molecular weight is 510 g/mol. The summed E-state index contributed by atoms with van der Waals surface area (Å²) in [5.74, 6) is 2.58. The van der Waals surface area contributed by atoms with E-state index in [0.717, 1.165) is 0 Å². The third kappa shape index (κ3) is 5.20. The molecule has 5 atom stereocenters. The van der Waals surface area contributed by atoms with Gasteiger partial charge in [-0.1, -0.05) is 0 Å². The van der Waals surface area contributed by atoms with Gasteiger partial charge in [-0.05, 0) is 0 Å². The molecule has 164 valence electrons. The molecule has 2 aliphatic carbocycles. The first-order chi connectivity index (χ1) is 13.7. The molecule has 0 heterocycles. The average Bonchev–Trinajstić information content (AvgIpc) is 3.02. The Labute approximate surface area is 219 Å². The second-order valence-corrected chi connectivity index (χ2v) is 9.68. The Hall–Kier alpha value is -0.496. The zero-order valence-electron chi connectivity index (χ0n) is 18.2. The molecule has 0 nitrogen and oxygen atoms in total. The first kappa shape index (κ1) is 28.5. The van der Waals surface area contributed by atoms with Crippen molar-refractivity contribution < 1.29 is 57.7 Å². The number of hydrogen-bond acceptors (Lipinski definition) is 0. The van der Waals surface area contributed by atoms with E-state index in [0.29, 0.717) is 27.9 Å². The molecule has 31 heavy (non-hydrogen) atoms. The van der Waals surface area contributed by atoms with Gasteiger partial charge in [0.1, 0.15) is 0 Å². The molecule has 0 bridgehead atoms. The topological polar surface area (TPSA) is 0 Å². The van der Waals surface area contributed by atoms with Gasteiger partial charge in [0.05, 0.1) is 0 Å². The third-order valence-electron chi connectivity index (χ3n) is 7.26. The molecule has 0 N–H and O–H groups in total. The van der Waals surface area contributed by atoms with Gasteiger partial charge < -0.3 is 37.2 Å². The maximum Gasteiger partial charge on any atom is -1.00 e. The van der Waals surface area contributed by atoms with E-state index in [1.54, 1.807) is 0 Å². The van der Waals surface area contributed by atoms with Crippen LogP contribution in [0.25, 0.3) is 0 Å². The molecule has 0 aliphatic heterocycles. The van der Waals surface area contributed by atoms with Gasteiger partial charge in [-0.15, -0.1) is 0 Å². The van der Waals surface area contributed by atoms with E-state index in [-0.39, 0.29) is 42.6 Å². The number of allylic oxidation sites excluding steroid dienone is 4. The molecule has 0 saturated heterocycles. The molecule has 2 aromatic rings. The van der Waals surface area contributed by atoms with Crippen molar-refractivity contribution in [2.45, 2.75) is 42.7 Å². The number of hydrogen-bond donors (Lipinski definition) is 0. The van der Waals surface area contributed by atoms with Crippen LogP contribution >= 0.6 is 0 Å². The number of rotatable bonds is 6. The van der Waals surface area contributed by atoms with Crippen LogP contribution in [-0.4, -0.2) is 0 Å². The van der Waals surface area contributed by atoms with Crippen LogP contribution in [0, 0.1) is 23.7 Å². The van der Waals surface area contributed by atoms with E-state index in [2.05, 4.69) is 119 Å². The standard InChI is InChI=1S/C27H31.3ClH.Ti/c1-3-4-19-27(23-14-7-5-8-15-23,24-16-9-6-10-17-24)26-21(2)20-22-13-11-12-18-25(22)26;;;;/h5-18,20-22,25-26H,3-4,19H2,1-2H3;3*1H;/q;;;;+3/p-3. The Morgan fingerprint density at radius 3 is 1.74 bits per heavy atom. The summed E-state index contributed by atoms with van der Waals surface area (Å²) >= 11 is 2.48. The van der Waals surface area contributed by atoms with Gasteiger partial charge in [0.15, 0.2) is 0 Å². The van der Waals surface area contributed by atoms with Crippen LogP contribution in [0.15, 0.2) is 85.0 Å². The molecule has 0 radical (unpaired) electrons. The minimum atomic E-state index is 0. The minimum Gasteiger partial charge on any atom is -1.00 e. The molecule has 0 spiro atoms. The fraction of sp³-hybridized carbons (Fsp3) is 0.407. The zero-order valence-corrected chi connectivity index (χ0v) is 22.1. The van der Waals surface area contributed by atoms with Gasteiger partial charge in [0, 0.05) is 0 Å². The van der Waals surface area contributed by atoms with Gasteiger partial charge in [0.2, 0.25) is 0 Å². The van der Waals surface area contributed by atoms with Gasteiger partial charge >= 0.3 is 183 Å². The first-order valence-corrected chi connectivity index (χ1v) is 11.8. The van der Waals surface area contributed by atoms with Gasteiger partial charge in [0.25, 0.3) is 0 Å². The van der Waals surface area contributed by atoms with E-state index >= 15 is 0 Å². The van der Waals surface area contributed by atoms with Crippen LogP contribution in [0.1, 0.15) is 44.2 Å². The Morgan fingerprint density at radius 2 is 1.26 bits per heavy atom. The van der Waals surface area contributed by atoms with E-state index in [1.807, 2.05) is 0 Å². The first-order valence-electron chi connectivity index (χ1n) is 10.9. The van der Waals surface area contributed by atoms with Gasteiger partial charge in [-0.25, -0.2) is 0 Å². The summed E-state index contributed by atoms with van der Waals surface area (Å²) in [5.41, 5.74) is 3.07. The van der Waals surface area contributed by atoms with E-state index in [1.165, 1.54) is 30.4 Å². The summed E-state index contributed by atoms with van der Waals surface area (Å²) in [5, 5.41) is 0. The number of benzene rings is 2. The quantitative estimate of drug-likeness (QED) is 0.401. The fourth-order valence-corrected chi connectivity index (χ4v) is 6.84. The number of halogens is 3. The number of unbranched alkanes of at least 4 members (excludes halogenated alkanes) is 1. The largest absolute Gasteiger partial charge is 1.00 e. The summed E-state index contributed by atoms with van der Waals surface area (Å²) in [4.78, 5) is 0. The van der Waals surface area contributed by atoms with Crippen molar-refractivity contribution >= 4 is 0 Å². The van der Waals surface area contributed by atoms with Crippen LogP contribution in [0.5, 0.6) is 0 Å². The molecule has 4 rings (SSSR count). The van der Waals surface area contributed by atoms with Crippen molar-refractivity contribution in [3.63, 3.8) is 0 Å². The van der Waals surface area contributed by atoms with Crippen molar-refractivity contribution in [1.29, 1.82) is 0 Å². The van der Waals surface area contributed by atoms with E-state index < -0.39 is 0 Å². The van der Waals surface area contributed by atoms with Crippen molar-refractivity contribution in [3.8, 4) is 0 Å². The smallest absolute Gasteiger partial charge is 1.00 e. The molecule has 4 heteroatoms. The Balaban J connectivity index is 0.00000160. The maximum atomic E-state index is 2.52. The molecular formula is C27H31Cl3Ti. The number of fused-ring (bicyclic) bond motifs is 1. The summed E-state index contributed by atoms with van der Waals surface area (Å²) in [6, 6.07) is 22.8. The summed E-state index contributed by atoms with van der Waals surface area (Å²) < 4.78 is 0.713. The monoisotopic (exact) mass is 508 g/mol. The van der Waals surface area contributed by atoms with Crippen molar-refractivity contribution in [1.82, 2.24) is 0 Å². The summed E-state index contributed by atoms with van der Waals surface area (Å²) in [7, 11) is 0. The Morgan fingerprint density at radius 1 is 0.774 bits per heavy atom. The van der Waals surface area contributed by atoms with E-state index in [9.17, 15) is 0 Å². The van der Waals surface area contributed by atoms with Gasteiger partial charge in [-0.3, -0.25) is 0 Å². The van der Waals surface area contributed by atoms with Crippen molar-refractivity contribution in [2.75, 3.05) is 0 Å². The van der Waals surface area contributed by atoms with Crippen molar-refractivity contribution in [3.05, 3.63) is 96.1 Å². The fourth-order valence-electron chi connectivity index (χ4n) is 6.00. The van der Waals surface area contributed by atoms with Gasteiger partial charge in [-0.2, -0.15) is 0 Å².